The van der Waals surface area contributed by atoms with E-state index in [0.717, 1.165) is 27.7 Å². The third-order valence-corrected chi connectivity index (χ3v) is 6.40. The van der Waals surface area contributed by atoms with Crippen molar-refractivity contribution in [2.75, 3.05) is 13.1 Å². The van der Waals surface area contributed by atoms with Crippen molar-refractivity contribution in [3.8, 4) is 12.3 Å². The molecule has 0 spiro atoms. The second-order valence-corrected chi connectivity index (χ2v) is 9.28. The molecule has 0 aromatic carbocycles. The first-order valence-corrected chi connectivity index (χ1v) is 10.1. The summed E-state index contributed by atoms with van der Waals surface area (Å²) in [6.07, 6.45) is 8.67. The van der Waals surface area contributed by atoms with Crippen LogP contribution in [0.1, 0.15) is 39.4 Å². The van der Waals surface area contributed by atoms with Gasteiger partial charge in [-0.05, 0) is 55.5 Å². The Hall–Kier alpha value is -1.65. The van der Waals surface area contributed by atoms with Crippen molar-refractivity contribution >= 4 is 44.8 Å². The predicted octanol–water partition coefficient (Wildman–Crippen LogP) is 5.06. The molecule has 3 heterocycles. The normalized spacial score (nSPS) is 15.9. The van der Waals surface area contributed by atoms with E-state index in [1.807, 2.05) is 26.8 Å². The number of terminal acetylenes is 1. The van der Waals surface area contributed by atoms with E-state index in [1.54, 1.807) is 22.9 Å². The van der Waals surface area contributed by atoms with Gasteiger partial charge in [0.2, 0.25) is 0 Å². The van der Waals surface area contributed by atoms with E-state index < -0.39 is 5.60 Å². The van der Waals surface area contributed by atoms with Gasteiger partial charge in [0.15, 0.2) is 11.3 Å². The number of rotatable bonds is 2. The Morgan fingerprint density at radius 1 is 1.46 bits per heavy atom. The van der Waals surface area contributed by atoms with E-state index in [2.05, 4.69) is 26.8 Å². The van der Waals surface area contributed by atoms with Crippen molar-refractivity contribution < 1.29 is 13.9 Å². The summed E-state index contributed by atoms with van der Waals surface area (Å²) >= 11 is 5.34. The van der Waals surface area contributed by atoms with Crippen molar-refractivity contribution in [2.45, 2.75) is 49.5 Å². The van der Waals surface area contributed by atoms with Crippen molar-refractivity contribution in [3.05, 3.63) is 22.5 Å². The summed E-state index contributed by atoms with van der Waals surface area (Å²) < 4.78 is 11.9. The molecule has 1 amide bonds. The number of aromatic nitrogens is 1. The van der Waals surface area contributed by atoms with E-state index in [-0.39, 0.29) is 6.09 Å². The molecule has 0 aliphatic carbocycles. The third kappa shape index (κ3) is 4.36. The summed E-state index contributed by atoms with van der Waals surface area (Å²) in [5, 5.41) is 2.24. The maximum Gasteiger partial charge on any atom is 0.410 e. The number of hydrogen-bond donors (Lipinski definition) is 0. The van der Waals surface area contributed by atoms with Gasteiger partial charge in [0.25, 0.3) is 0 Å². The van der Waals surface area contributed by atoms with Gasteiger partial charge < -0.3 is 14.1 Å². The quantitative estimate of drug-likeness (QED) is 0.615. The number of ether oxygens (including phenoxy) is 1. The zero-order valence-electron chi connectivity index (χ0n) is 15.0. The Balaban J connectivity index is 1.63. The van der Waals surface area contributed by atoms with Crippen molar-refractivity contribution in [1.82, 2.24) is 9.88 Å². The van der Waals surface area contributed by atoms with Crippen molar-refractivity contribution in [1.29, 1.82) is 0 Å². The minimum atomic E-state index is -0.464. The lowest BCUT2D eigenvalue weighted by molar-refractivity contribution is 0.0219. The minimum absolute atomic E-state index is 0.234. The van der Waals surface area contributed by atoms with Gasteiger partial charge in [-0.25, -0.2) is 9.78 Å². The van der Waals surface area contributed by atoms with Crippen LogP contribution < -0.4 is 0 Å². The van der Waals surface area contributed by atoms with Gasteiger partial charge in [0.1, 0.15) is 10.6 Å². The molecular weight excluding hydrogens is 416 g/mol. The molecule has 0 N–H and O–H groups in total. The molecule has 1 saturated heterocycles. The highest BCUT2D eigenvalue weighted by Crippen LogP contribution is 2.38. The number of hydrogen-bond acceptors (Lipinski definition) is 5. The monoisotopic (exact) mass is 436 g/mol. The summed E-state index contributed by atoms with van der Waals surface area (Å²) in [5.41, 5.74) is 0.211. The Morgan fingerprint density at radius 3 is 2.77 bits per heavy atom. The summed E-state index contributed by atoms with van der Waals surface area (Å²) in [5.74, 6) is 3.00. The molecule has 7 heteroatoms. The SMILES string of the molecule is C#Cc1cc2c(Br)c(SC3CCN(C(=O)OC(C)(C)C)CC3)ncc2o1. The van der Waals surface area contributed by atoms with Gasteiger partial charge in [0.05, 0.1) is 10.7 Å². The van der Waals surface area contributed by atoms with Crippen LogP contribution in [-0.2, 0) is 4.74 Å². The molecule has 3 rings (SSSR count). The second kappa shape index (κ2) is 7.53. The van der Waals surface area contributed by atoms with Gasteiger partial charge in [0, 0.05) is 29.8 Å². The summed E-state index contributed by atoms with van der Waals surface area (Å²) in [6.45, 7) is 7.04. The summed E-state index contributed by atoms with van der Waals surface area (Å²) in [7, 11) is 0. The number of carbonyl (C=O) groups is 1. The molecule has 1 aliphatic heterocycles. The lowest BCUT2D eigenvalue weighted by atomic mass is 10.1. The molecule has 0 atom stereocenters. The van der Waals surface area contributed by atoms with E-state index >= 15 is 0 Å². The highest BCUT2D eigenvalue weighted by molar-refractivity contribution is 9.10. The molecule has 138 valence electrons. The molecule has 5 nitrogen and oxygen atoms in total. The van der Waals surface area contributed by atoms with Gasteiger partial charge in [-0.3, -0.25) is 0 Å². The zero-order valence-corrected chi connectivity index (χ0v) is 17.4. The lowest BCUT2D eigenvalue weighted by Crippen LogP contribution is -2.42. The molecule has 26 heavy (non-hydrogen) atoms. The number of halogens is 1. The van der Waals surface area contributed by atoms with Gasteiger partial charge in [-0.1, -0.05) is 0 Å². The van der Waals surface area contributed by atoms with Crippen molar-refractivity contribution in [3.63, 3.8) is 0 Å². The fourth-order valence-corrected chi connectivity index (χ4v) is 4.54. The van der Waals surface area contributed by atoms with Crippen LogP contribution in [0.25, 0.3) is 11.0 Å². The van der Waals surface area contributed by atoms with Crippen molar-refractivity contribution in [2.24, 2.45) is 0 Å². The molecule has 2 aromatic rings. The zero-order chi connectivity index (χ0) is 18.9. The van der Waals surface area contributed by atoms with E-state index in [1.165, 1.54) is 0 Å². The van der Waals surface area contributed by atoms with Crippen LogP contribution >= 0.6 is 27.7 Å². The summed E-state index contributed by atoms with van der Waals surface area (Å²) in [6, 6.07) is 1.84. The van der Waals surface area contributed by atoms with Crippen LogP contribution in [0.2, 0.25) is 0 Å². The highest BCUT2D eigenvalue weighted by Gasteiger charge is 2.28. The number of fused-ring (bicyclic) bond motifs is 1. The predicted molar refractivity (Wildman–Crippen MR) is 106 cm³/mol. The Labute approximate surface area is 166 Å². The molecule has 1 fully saturated rings. The Kier molecular flexibility index (Phi) is 5.54. The standard InChI is InChI=1S/C19H21BrN2O3S/c1-5-12-10-14-15(24-12)11-21-17(16(14)20)26-13-6-8-22(9-7-13)18(23)25-19(2,3)4/h1,10-11,13H,6-9H2,2-4H3. The highest BCUT2D eigenvalue weighted by atomic mass is 79.9. The van der Waals surface area contributed by atoms with E-state index in [0.29, 0.717) is 29.7 Å². The molecule has 0 unspecified atom stereocenters. The Bertz CT molecular complexity index is 858. The second-order valence-electron chi connectivity index (χ2n) is 7.19. The fourth-order valence-electron chi connectivity index (χ4n) is 2.76. The first kappa shape index (κ1) is 19.1. The van der Waals surface area contributed by atoms with Crippen LogP contribution in [0.3, 0.4) is 0 Å². The molecule has 0 bridgehead atoms. The smallest absolute Gasteiger partial charge is 0.410 e. The topological polar surface area (TPSA) is 55.6 Å². The van der Waals surface area contributed by atoms with Crippen LogP contribution in [0.15, 0.2) is 26.2 Å². The average Bonchev–Trinajstić information content (AvgIpc) is 3.01. The average molecular weight is 437 g/mol. The summed E-state index contributed by atoms with van der Waals surface area (Å²) in [4.78, 5) is 18.4. The maximum absolute atomic E-state index is 12.2. The van der Waals surface area contributed by atoms with E-state index in [4.69, 9.17) is 15.6 Å². The van der Waals surface area contributed by atoms with Crippen LogP contribution in [0, 0.1) is 12.3 Å². The largest absolute Gasteiger partial charge is 0.446 e. The number of furan rings is 1. The number of nitrogens with zero attached hydrogens (tertiary/aromatic N) is 2. The first-order valence-electron chi connectivity index (χ1n) is 8.46. The number of likely N-dealkylation sites (tertiary alicyclic amines) is 1. The minimum Gasteiger partial charge on any atom is -0.446 e. The van der Waals surface area contributed by atoms with Crippen LogP contribution in [0.4, 0.5) is 4.79 Å². The van der Waals surface area contributed by atoms with Crippen LogP contribution in [-0.4, -0.2) is 39.9 Å². The van der Waals surface area contributed by atoms with Gasteiger partial charge in [-0.15, -0.1) is 18.2 Å². The molecule has 2 aromatic heterocycles. The number of piperidine rings is 1. The first-order chi connectivity index (χ1) is 12.3. The molecular formula is C19H21BrN2O3S. The molecule has 1 aliphatic rings. The maximum atomic E-state index is 12.2. The van der Waals surface area contributed by atoms with Crippen LogP contribution in [0.5, 0.6) is 0 Å². The lowest BCUT2D eigenvalue weighted by Gasteiger charge is -2.33. The van der Waals surface area contributed by atoms with Gasteiger partial charge >= 0.3 is 6.09 Å². The van der Waals surface area contributed by atoms with E-state index in [9.17, 15) is 4.79 Å². The number of pyridine rings is 1. The third-order valence-electron chi connectivity index (χ3n) is 4.00. The number of amides is 1. The fraction of sp³-hybridized carbons (Fsp3) is 0.474. The number of thioether (sulfide) groups is 1. The Morgan fingerprint density at radius 2 is 2.15 bits per heavy atom. The van der Waals surface area contributed by atoms with Gasteiger partial charge in [-0.2, -0.15) is 0 Å². The molecule has 0 radical (unpaired) electrons. The number of carbonyl (C=O) groups excluding carboxylic acids is 1. The molecule has 0 saturated carbocycles.